The SMILES string of the molecule is COC(=O)c1ccc([C@H](CC(C)C)NC(=O)OC(C)(C)C)cc1. The quantitative estimate of drug-likeness (QED) is 0.830. The first-order valence-electron chi connectivity index (χ1n) is 7.80. The van der Waals surface area contributed by atoms with Gasteiger partial charge in [0.05, 0.1) is 18.7 Å². The monoisotopic (exact) mass is 321 g/mol. The third-order valence-electron chi connectivity index (χ3n) is 3.13. The number of carbonyl (C=O) groups is 2. The maximum atomic E-state index is 12.0. The Hall–Kier alpha value is -2.04. The van der Waals surface area contributed by atoms with Crippen LogP contribution < -0.4 is 5.32 Å². The average Bonchev–Trinajstić information content (AvgIpc) is 2.43. The number of benzene rings is 1. The molecule has 0 aliphatic rings. The molecule has 0 radical (unpaired) electrons. The second-order valence-electron chi connectivity index (χ2n) is 6.94. The summed E-state index contributed by atoms with van der Waals surface area (Å²) >= 11 is 0. The minimum Gasteiger partial charge on any atom is -0.465 e. The molecule has 23 heavy (non-hydrogen) atoms. The highest BCUT2D eigenvalue weighted by Gasteiger charge is 2.21. The third kappa shape index (κ3) is 6.72. The molecular formula is C18H27NO4. The summed E-state index contributed by atoms with van der Waals surface area (Å²) in [7, 11) is 1.35. The molecule has 128 valence electrons. The molecule has 1 N–H and O–H groups in total. The lowest BCUT2D eigenvalue weighted by Gasteiger charge is -2.25. The lowest BCUT2D eigenvalue weighted by Crippen LogP contribution is -2.35. The predicted octanol–water partition coefficient (Wildman–Crippen LogP) is 4.09. The maximum Gasteiger partial charge on any atom is 0.408 e. The molecule has 5 heteroatoms. The molecule has 1 amide bonds. The Balaban J connectivity index is 2.89. The minimum atomic E-state index is -0.540. The van der Waals surface area contributed by atoms with Crippen LogP contribution in [0.2, 0.25) is 0 Å². The molecule has 0 aliphatic heterocycles. The molecule has 0 saturated carbocycles. The van der Waals surface area contributed by atoms with Gasteiger partial charge in [-0.1, -0.05) is 26.0 Å². The molecule has 0 saturated heterocycles. The van der Waals surface area contributed by atoms with Crippen LogP contribution in [0.3, 0.4) is 0 Å². The summed E-state index contributed by atoms with van der Waals surface area (Å²) in [4.78, 5) is 23.5. The number of amides is 1. The van der Waals surface area contributed by atoms with E-state index in [2.05, 4.69) is 19.2 Å². The molecule has 1 aromatic carbocycles. The third-order valence-corrected chi connectivity index (χ3v) is 3.13. The number of hydrogen-bond acceptors (Lipinski definition) is 4. The molecular weight excluding hydrogens is 294 g/mol. The van der Waals surface area contributed by atoms with E-state index in [0.29, 0.717) is 11.5 Å². The summed E-state index contributed by atoms with van der Waals surface area (Å²) in [6, 6.07) is 6.89. The van der Waals surface area contributed by atoms with Gasteiger partial charge in [0.2, 0.25) is 0 Å². The van der Waals surface area contributed by atoms with Crippen molar-refractivity contribution in [1.82, 2.24) is 5.32 Å². The number of carbonyl (C=O) groups excluding carboxylic acids is 2. The molecule has 0 bridgehead atoms. The van der Waals surface area contributed by atoms with Crippen LogP contribution in [0.5, 0.6) is 0 Å². The maximum absolute atomic E-state index is 12.0. The van der Waals surface area contributed by atoms with Gasteiger partial charge in [0.25, 0.3) is 0 Å². The van der Waals surface area contributed by atoms with Crippen molar-refractivity contribution >= 4 is 12.1 Å². The van der Waals surface area contributed by atoms with E-state index in [1.807, 2.05) is 32.9 Å². The first-order valence-corrected chi connectivity index (χ1v) is 7.80. The Morgan fingerprint density at radius 3 is 2.13 bits per heavy atom. The first kappa shape index (κ1) is 19.0. The van der Waals surface area contributed by atoms with Crippen molar-refractivity contribution in [3.8, 4) is 0 Å². The Kier molecular flexibility index (Phi) is 6.61. The molecule has 1 rings (SSSR count). The second-order valence-corrected chi connectivity index (χ2v) is 6.94. The van der Waals surface area contributed by atoms with Crippen molar-refractivity contribution in [2.45, 2.75) is 52.7 Å². The van der Waals surface area contributed by atoms with Crippen molar-refractivity contribution in [3.05, 3.63) is 35.4 Å². The highest BCUT2D eigenvalue weighted by atomic mass is 16.6. The van der Waals surface area contributed by atoms with Crippen LogP contribution in [0.15, 0.2) is 24.3 Å². The fourth-order valence-electron chi connectivity index (χ4n) is 2.17. The zero-order valence-corrected chi connectivity index (χ0v) is 14.8. The number of nitrogens with one attached hydrogen (secondary N) is 1. The molecule has 0 unspecified atom stereocenters. The van der Waals surface area contributed by atoms with Crippen LogP contribution in [0.25, 0.3) is 0 Å². The van der Waals surface area contributed by atoms with Crippen molar-refractivity contribution in [2.24, 2.45) is 5.92 Å². The summed E-state index contributed by atoms with van der Waals surface area (Å²) in [5.74, 6) is 0.0206. The number of methoxy groups -OCH3 is 1. The van der Waals surface area contributed by atoms with Gasteiger partial charge in [-0.3, -0.25) is 0 Å². The van der Waals surface area contributed by atoms with Crippen molar-refractivity contribution < 1.29 is 19.1 Å². The summed E-state index contributed by atoms with van der Waals surface area (Å²) in [5, 5.41) is 2.91. The number of hydrogen-bond donors (Lipinski definition) is 1. The van der Waals surface area contributed by atoms with E-state index < -0.39 is 11.7 Å². The predicted molar refractivity (Wildman–Crippen MR) is 89.3 cm³/mol. The van der Waals surface area contributed by atoms with Crippen LogP contribution in [0.1, 0.15) is 63.0 Å². The van der Waals surface area contributed by atoms with E-state index in [1.54, 1.807) is 12.1 Å². The Bertz CT molecular complexity index is 529. The molecule has 1 atom stereocenters. The molecule has 1 aromatic rings. The first-order chi connectivity index (χ1) is 10.6. The van der Waals surface area contributed by atoms with Crippen molar-refractivity contribution in [3.63, 3.8) is 0 Å². The lowest BCUT2D eigenvalue weighted by molar-refractivity contribution is 0.0496. The Labute approximate surface area is 138 Å². The van der Waals surface area contributed by atoms with E-state index >= 15 is 0 Å². The van der Waals surface area contributed by atoms with E-state index in [4.69, 9.17) is 9.47 Å². The zero-order valence-electron chi connectivity index (χ0n) is 14.8. The van der Waals surface area contributed by atoms with E-state index in [-0.39, 0.29) is 12.0 Å². The largest absolute Gasteiger partial charge is 0.465 e. The highest BCUT2D eigenvalue weighted by Crippen LogP contribution is 2.22. The van der Waals surface area contributed by atoms with Crippen molar-refractivity contribution in [2.75, 3.05) is 7.11 Å². The fraction of sp³-hybridized carbons (Fsp3) is 0.556. The number of alkyl carbamates (subject to hydrolysis) is 1. The van der Waals surface area contributed by atoms with E-state index in [1.165, 1.54) is 7.11 Å². The van der Waals surface area contributed by atoms with Crippen LogP contribution >= 0.6 is 0 Å². The number of rotatable bonds is 5. The second kappa shape index (κ2) is 7.99. The minimum absolute atomic E-state index is 0.170. The smallest absolute Gasteiger partial charge is 0.408 e. The van der Waals surface area contributed by atoms with Crippen LogP contribution in [0, 0.1) is 5.92 Å². The van der Waals surface area contributed by atoms with Crippen LogP contribution in [0.4, 0.5) is 4.79 Å². The fourth-order valence-corrected chi connectivity index (χ4v) is 2.17. The van der Waals surface area contributed by atoms with E-state index in [9.17, 15) is 9.59 Å². The van der Waals surface area contributed by atoms with Gasteiger partial charge in [0.1, 0.15) is 5.60 Å². The zero-order chi connectivity index (χ0) is 17.6. The summed E-state index contributed by atoms with van der Waals surface area (Å²) in [5.41, 5.74) is 0.871. The summed E-state index contributed by atoms with van der Waals surface area (Å²) in [6.07, 6.45) is 0.330. The normalized spacial score (nSPS) is 12.7. The standard InChI is InChI=1S/C18H27NO4/c1-12(2)11-15(19-17(21)23-18(3,4)5)13-7-9-14(10-8-13)16(20)22-6/h7-10,12,15H,11H2,1-6H3,(H,19,21)/t15-/m0/s1. The number of ether oxygens (including phenoxy) is 2. The van der Waals surface area contributed by atoms with Gasteiger partial charge in [0, 0.05) is 0 Å². The van der Waals surface area contributed by atoms with Gasteiger partial charge >= 0.3 is 12.1 Å². The highest BCUT2D eigenvalue weighted by molar-refractivity contribution is 5.89. The van der Waals surface area contributed by atoms with Gasteiger partial charge in [-0.05, 0) is 50.8 Å². The Morgan fingerprint density at radius 1 is 1.13 bits per heavy atom. The summed E-state index contributed by atoms with van der Waals surface area (Å²) < 4.78 is 10.0. The van der Waals surface area contributed by atoms with Crippen LogP contribution in [-0.4, -0.2) is 24.8 Å². The van der Waals surface area contributed by atoms with Gasteiger partial charge in [-0.25, -0.2) is 9.59 Å². The van der Waals surface area contributed by atoms with Gasteiger partial charge in [-0.15, -0.1) is 0 Å². The lowest BCUT2D eigenvalue weighted by atomic mass is 9.96. The van der Waals surface area contributed by atoms with Gasteiger partial charge < -0.3 is 14.8 Å². The topological polar surface area (TPSA) is 64.6 Å². The molecule has 0 spiro atoms. The van der Waals surface area contributed by atoms with Gasteiger partial charge in [-0.2, -0.15) is 0 Å². The average molecular weight is 321 g/mol. The summed E-state index contributed by atoms with van der Waals surface area (Å²) in [6.45, 7) is 9.67. The molecule has 0 heterocycles. The Morgan fingerprint density at radius 2 is 1.70 bits per heavy atom. The van der Waals surface area contributed by atoms with Crippen LogP contribution in [-0.2, 0) is 9.47 Å². The molecule has 0 aliphatic carbocycles. The van der Waals surface area contributed by atoms with Gasteiger partial charge in [0.15, 0.2) is 0 Å². The molecule has 5 nitrogen and oxygen atoms in total. The van der Waals surface area contributed by atoms with E-state index in [0.717, 1.165) is 12.0 Å². The number of esters is 1. The molecule has 0 aromatic heterocycles. The molecule has 0 fully saturated rings. The van der Waals surface area contributed by atoms with Crippen molar-refractivity contribution in [1.29, 1.82) is 0 Å².